The molecule has 0 aliphatic heterocycles. The Morgan fingerprint density at radius 2 is 1.74 bits per heavy atom. The molecule has 126 valence electrons. The molecule has 0 spiro atoms. The van der Waals surface area contributed by atoms with Gasteiger partial charge in [-0.3, -0.25) is 0 Å². The highest BCUT2D eigenvalue weighted by atomic mass is 16.5. The first kappa shape index (κ1) is 17.3. The quantitative estimate of drug-likeness (QED) is 0.684. The predicted molar refractivity (Wildman–Crippen MR) is 89.3 cm³/mol. The Balaban J connectivity index is 1.86. The number of ether oxygens (including phenoxy) is 1. The first-order chi connectivity index (χ1) is 11.1. The Labute approximate surface area is 138 Å². The number of carbonyl (C=O) groups is 2. The number of amides is 2. The van der Waals surface area contributed by atoms with Crippen LogP contribution < -0.4 is 5.32 Å². The van der Waals surface area contributed by atoms with Crippen molar-refractivity contribution in [3.05, 3.63) is 35.4 Å². The van der Waals surface area contributed by atoms with Crippen LogP contribution in [-0.2, 0) is 11.3 Å². The van der Waals surface area contributed by atoms with E-state index >= 15 is 0 Å². The van der Waals surface area contributed by atoms with E-state index in [1.165, 1.54) is 32.8 Å². The van der Waals surface area contributed by atoms with Gasteiger partial charge in [-0.25, -0.2) is 9.59 Å². The maximum atomic E-state index is 12.3. The minimum atomic E-state index is -0.351. The van der Waals surface area contributed by atoms with E-state index < -0.39 is 0 Å². The molecule has 0 bridgehead atoms. The number of hydrogen-bond acceptors (Lipinski definition) is 3. The standard InChI is InChI=1S/C18H26N2O3/c1-20(18(22)19-16-7-5-3-4-6-8-16)13-14-9-11-15(12-10-14)17(21)23-2/h9-12,16H,3-8,13H2,1-2H3,(H,19,22). The fourth-order valence-corrected chi connectivity index (χ4v) is 2.92. The number of nitrogens with one attached hydrogen (secondary N) is 1. The summed E-state index contributed by atoms with van der Waals surface area (Å²) in [5, 5.41) is 3.13. The minimum absolute atomic E-state index is 0.0334. The van der Waals surface area contributed by atoms with Gasteiger partial charge >= 0.3 is 12.0 Å². The lowest BCUT2D eigenvalue weighted by Gasteiger charge is -2.23. The molecule has 0 radical (unpaired) electrons. The highest BCUT2D eigenvalue weighted by molar-refractivity contribution is 5.89. The third-order valence-electron chi connectivity index (χ3n) is 4.32. The summed E-state index contributed by atoms with van der Waals surface area (Å²) in [4.78, 5) is 25.4. The normalized spacial score (nSPS) is 15.6. The molecule has 2 amide bonds. The molecule has 1 aromatic carbocycles. The third kappa shape index (κ3) is 5.27. The van der Waals surface area contributed by atoms with Crippen LogP contribution in [0.25, 0.3) is 0 Å². The van der Waals surface area contributed by atoms with Gasteiger partial charge < -0.3 is 15.0 Å². The first-order valence-electron chi connectivity index (χ1n) is 8.29. The van der Waals surface area contributed by atoms with Gasteiger partial charge in [0.1, 0.15) is 0 Å². The molecule has 1 aromatic rings. The molecule has 2 rings (SSSR count). The largest absolute Gasteiger partial charge is 0.465 e. The van der Waals surface area contributed by atoms with Crippen molar-refractivity contribution in [1.82, 2.24) is 10.2 Å². The van der Waals surface area contributed by atoms with Crippen LogP contribution in [0.5, 0.6) is 0 Å². The Bertz CT molecular complexity index is 520. The van der Waals surface area contributed by atoms with Crippen LogP contribution in [0.3, 0.4) is 0 Å². The zero-order valence-electron chi connectivity index (χ0n) is 14.0. The van der Waals surface area contributed by atoms with Gasteiger partial charge in [0.05, 0.1) is 12.7 Å². The summed E-state index contributed by atoms with van der Waals surface area (Å²) in [6, 6.07) is 7.41. The van der Waals surface area contributed by atoms with E-state index in [1.54, 1.807) is 24.1 Å². The maximum absolute atomic E-state index is 12.3. The van der Waals surface area contributed by atoms with E-state index in [0.717, 1.165) is 18.4 Å². The highest BCUT2D eigenvalue weighted by Gasteiger charge is 2.17. The Kier molecular flexibility index (Phi) is 6.44. The van der Waals surface area contributed by atoms with Gasteiger partial charge in [0, 0.05) is 19.6 Å². The molecule has 0 unspecified atom stereocenters. The molecule has 0 heterocycles. The molecule has 0 atom stereocenters. The molecule has 1 N–H and O–H groups in total. The van der Waals surface area contributed by atoms with Crippen molar-refractivity contribution in [2.75, 3.05) is 14.2 Å². The lowest BCUT2D eigenvalue weighted by atomic mass is 10.1. The summed E-state index contributed by atoms with van der Waals surface area (Å²) in [6.45, 7) is 0.514. The van der Waals surface area contributed by atoms with Crippen molar-refractivity contribution in [2.45, 2.75) is 51.1 Å². The molecule has 1 aliphatic rings. The summed E-state index contributed by atoms with van der Waals surface area (Å²) in [5.41, 5.74) is 1.50. The number of carbonyl (C=O) groups excluding carboxylic acids is 2. The van der Waals surface area contributed by atoms with Crippen LogP contribution in [0, 0.1) is 0 Å². The molecule has 23 heavy (non-hydrogen) atoms. The maximum Gasteiger partial charge on any atom is 0.337 e. The fourth-order valence-electron chi connectivity index (χ4n) is 2.92. The van der Waals surface area contributed by atoms with E-state index in [9.17, 15) is 9.59 Å². The molecule has 1 aliphatic carbocycles. The van der Waals surface area contributed by atoms with Gasteiger partial charge in [-0.2, -0.15) is 0 Å². The van der Waals surface area contributed by atoms with Crippen LogP contribution in [0.4, 0.5) is 4.79 Å². The molecule has 5 nitrogen and oxygen atoms in total. The Hall–Kier alpha value is -2.04. The lowest BCUT2D eigenvalue weighted by Crippen LogP contribution is -2.42. The third-order valence-corrected chi connectivity index (χ3v) is 4.32. The number of nitrogens with zero attached hydrogens (tertiary/aromatic N) is 1. The highest BCUT2D eigenvalue weighted by Crippen LogP contribution is 2.17. The smallest absolute Gasteiger partial charge is 0.337 e. The summed E-state index contributed by atoms with van der Waals surface area (Å²) < 4.78 is 4.68. The van der Waals surface area contributed by atoms with E-state index in [4.69, 9.17) is 0 Å². The zero-order chi connectivity index (χ0) is 16.7. The van der Waals surface area contributed by atoms with Gasteiger partial charge in [-0.15, -0.1) is 0 Å². The topological polar surface area (TPSA) is 58.6 Å². The SMILES string of the molecule is COC(=O)c1ccc(CN(C)C(=O)NC2CCCCCC2)cc1. The van der Waals surface area contributed by atoms with Crippen LogP contribution in [-0.4, -0.2) is 37.1 Å². The number of hydrogen-bond donors (Lipinski definition) is 1. The monoisotopic (exact) mass is 318 g/mol. The van der Waals surface area contributed by atoms with E-state index in [-0.39, 0.29) is 12.0 Å². The van der Waals surface area contributed by atoms with Crippen molar-refractivity contribution in [3.63, 3.8) is 0 Å². The minimum Gasteiger partial charge on any atom is -0.465 e. The van der Waals surface area contributed by atoms with Crippen LogP contribution in [0.2, 0.25) is 0 Å². The van der Waals surface area contributed by atoms with Gasteiger partial charge in [0.25, 0.3) is 0 Å². The first-order valence-corrected chi connectivity index (χ1v) is 8.29. The van der Waals surface area contributed by atoms with Crippen molar-refractivity contribution in [2.24, 2.45) is 0 Å². The van der Waals surface area contributed by atoms with Gasteiger partial charge in [0.15, 0.2) is 0 Å². The molecular formula is C18H26N2O3. The molecule has 1 fully saturated rings. The summed E-state index contributed by atoms with van der Waals surface area (Å²) in [5.74, 6) is -0.351. The molecule has 0 saturated heterocycles. The summed E-state index contributed by atoms with van der Waals surface area (Å²) in [7, 11) is 3.15. The molecular weight excluding hydrogens is 292 g/mol. The van der Waals surface area contributed by atoms with Gasteiger partial charge in [-0.1, -0.05) is 37.8 Å². The second kappa shape index (κ2) is 8.56. The van der Waals surface area contributed by atoms with Crippen molar-refractivity contribution >= 4 is 12.0 Å². The van der Waals surface area contributed by atoms with Gasteiger partial charge in [0.2, 0.25) is 0 Å². The zero-order valence-corrected chi connectivity index (χ0v) is 14.0. The number of benzene rings is 1. The van der Waals surface area contributed by atoms with E-state index in [1.807, 2.05) is 12.1 Å². The lowest BCUT2D eigenvalue weighted by molar-refractivity contribution is 0.0600. The van der Waals surface area contributed by atoms with E-state index in [2.05, 4.69) is 10.1 Å². The van der Waals surface area contributed by atoms with Crippen molar-refractivity contribution in [3.8, 4) is 0 Å². The summed E-state index contributed by atoms with van der Waals surface area (Å²) >= 11 is 0. The molecule has 5 heteroatoms. The number of urea groups is 1. The van der Waals surface area contributed by atoms with Crippen molar-refractivity contribution in [1.29, 1.82) is 0 Å². The van der Waals surface area contributed by atoms with Gasteiger partial charge in [-0.05, 0) is 30.5 Å². The number of esters is 1. The molecule has 0 aromatic heterocycles. The predicted octanol–water partition coefficient (Wildman–Crippen LogP) is 3.34. The second-order valence-corrected chi connectivity index (χ2v) is 6.18. The molecule has 1 saturated carbocycles. The average molecular weight is 318 g/mol. The number of rotatable bonds is 4. The van der Waals surface area contributed by atoms with E-state index in [0.29, 0.717) is 18.2 Å². The fraction of sp³-hybridized carbons (Fsp3) is 0.556. The Morgan fingerprint density at radius 1 is 1.13 bits per heavy atom. The Morgan fingerprint density at radius 3 is 2.30 bits per heavy atom. The summed E-state index contributed by atoms with van der Waals surface area (Å²) in [6.07, 6.45) is 7.09. The van der Waals surface area contributed by atoms with Crippen LogP contribution in [0.1, 0.15) is 54.4 Å². The average Bonchev–Trinajstić information content (AvgIpc) is 2.83. The second-order valence-electron chi connectivity index (χ2n) is 6.18. The van der Waals surface area contributed by atoms with Crippen LogP contribution in [0.15, 0.2) is 24.3 Å². The van der Waals surface area contributed by atoms with Crippen LogP contribution >= 0.6 is 0 Å². The van der Waals surface area contributed by atoms with Crippen molar-refractivity contribution < 1.29 is 14.3 Å². The number of methoxy groups -OCH3 is 1.